The number of hydrogen-bond donors (Lipinski definition) is 0. The van der Waals surface area contributed by atoms with Crippen molar-refractivity contribution in [1.29, 1.82) is 0 Å². The lowest BCUT2D eigenvalue weighted by molar-refractivity contribution is -0.141. The summed E-state index contributed by atoms with van der Waals surface area (Å²) in [6, 6.07) is 7.82. The number of rotatable bonds is 4. The Morgan fingerprint density at radius 3 is 2.88 bits per heavy atom. The molecule has 0 saturated carbocycles. The number of benzene rings is 1. The van der Waals surface area contributed by atoms with Crippen molar-refractivity contribution in [2.75, 3.05) is 6.61 Å². The van der Waals surface area contributed by atoms with Crippen LogP contribution in [0.15, 0.2) is 29.3 Å². The Bertz CT molecular complexity index is 402. The topological polar surface area (TPSA) is 38.7 Å². The molecule has 3 nitrogen and oxygen atoms in total. The normalized spacial score (nSPS) is 11.3. The Morgan fingerprint density at radius 2 is 2.25 bits per heavy atom. The second-order valence-electron chi connectivity index (χ2n) is 3.31. The Morgan fingerprint density at radius 1 is 1.50 bits per heavy atom. The quantitative estimate of drug-likeness (QED) is 0.482. The van der Waals surface area contributed by atoms with Gasteiger partial charge in [-0.15, -0.1) is 0 Å². The van der Waals surface area contributed by atoms with Crippen LogP contribution in [0.4, 0.5) is 5.69 Å². The number of hydrogen-bond acceptors (Lipinski definition) is 3. The number of halogens is 1. The second-order valence-corrected chi connectivity index (χ2v) is 4.55. The van der Waals surface area contributed by atoms with Gasteiger partial charge < -0.3 is 4.74 Å². The zero-order valence-electron chi connectivity index (χ0n) is 9.37. The van der Waals surface area contributed by atoms with E-state index in [2.05, 4.69) is 27.6 Å². The Balaban J connectivity index is 2.66. The minimum absolute atomic E-state index is 0.227. The number of nitrogens with zero attached hydrogens (tertiary/aromatic N) is 1. The summed E-state index contributed by atoms with van der Waals surface area (Å²) in [6.07, 6.45) is 0.249. The summed E-state index contributed by atoms with van der Waals surface area (Å²) < 4.78 is 5.98. The van der Waals surface area contributed by atoms with E-state index in [-0.39, 0.29) is 12.4 Å². The average Bonchev–Trinajstić information content (AvgIpc) is 2.17. The van der Waals surface area contributed by atoms with Gasteiger partial charge >= 0.3 is 5.97 Å². The zero-order chi connectivity index (χ0) is 12.0. The van der Waals surface area contributed by atoms with Crippen LogP contribution in [0, 0.1) is 3.57 Å². The summed E-state index contributed by atoms with van der Waals surface area (Å²) in [7, 11) is 0. The third-order valence-corrected chi connectivity index (χ3v) is 2.50. The lowest BCUT2D eigenvalue weighted by Crippen LogP contribution is -2.08. The van der Waals surface area contributed by atoms with E-state index < -0.39 is 0 Å². The smallest absolute Gasteiger partial charge is 0.311 e. The number of carbonyl (C=O) groups excluding carboxylic acids is 1. The molecule has 1 aromatic rings. The molecule has 0 fully saturated rings. The van der Waals surface area contributed by atoms with Gasteiger partial charge in [-0.2, -0.15) is 0 Å². The van der Waals surface area contributed by atoms with E-state index in [9.17, 15) is 4.79 Å². The van der Waals surface area contributed by atoms with Gasteiger partial charge in [0, 0.05) is 9.28 Å². The van der Waals surface area contributed by atoms with E-state index in [1.165, 1.54) is 0 Å². The summed E-state index contributed by atoms with van der Waals surface area (Å²) in [6.45, 7) is 4.04. The molecule has 0 radical (unpaired) electrons. The molecule has 0 aliphatic heterocycles. The van der Waals surface area contributed by atoms with Gasteiger partial charge in [-0.3, -0.25) is 9.79 Å². The van der Waals surface area contributed by atoms with E-state index in [1.54, 1.807) is 6.92 Å². The summed E-state index contributed by atoms with van der Waals surface area (Å²) in [5, 5.41) is 0. The van der Waals surface area contributed by atoms with Crippen molar-refractivity contribution in [3.05, 3.63) is 27.8 Å². The molecule has 0 aliphatic carbocycles. The SMILES string of the molecule is CCOC(=O)CC(C)=Nc1cccc(I)c1. The van der Waals surface area contributed by atoms with Crippen molar-refractivity contribution in [3.8, 4) is 0 Å². The largest absolute Gasteiger partial charge is 0.466 e. The highest BCUT2D eigenvalue weighted by Crippen LogP contribution is 2.16. The van der Waals surface area contributed by atoms with E-state index >= 15 is 0 Å². The monoisotopic (exact) mass is 331 g/mol. The molecule has 0 unspecified atom stereocenters. The summed E-state index contributed by atoms with van der Waals surface area (Å²) >= 11 is 2.23. The molecule has 0 N–H and O–H groups in total. The Hall–Kier alpha value is -0.910. The fraction of sp³-hybridized carbons (Fsp3) is 0.333. The van der Waals surface area contributed by atoms with Crippen LogP contribution in [-0.2, 0) is 9.53 Å². The number of carbonyl (C=O) groups is 1. The lowest BCUT2D eigenvalue weighted by atomic mass is 10.3. The molecule has 1 rings (SSSR count). The molecule has 0 amide bonds. The van der Waals surface area contributed by atoms with Crippen LogP contribution in [0.1, 0.15) is 20.3 Å². The molecular formula is C12H14INO2. The maximum atomic E-state index is 11.2. The van der Waals surface area contributed by atoms with Gasteiger partial charge in [-0.1, -0.05) is 6.07 Å². The highest BCUT2D eigenvalue weighted by Gasteiger charge is 2.03. The first-order valence-corrected chi connectivity index (χ1v) is 6.15. The van der Waals surface area contributed by atoms with Crippen molar-refractivity contribution in [2.24, 2.45) is 4.99 Å². The average molecular weight is 331 g/mol. The van der Waals surface area contributed by atoms with Crippen LogP contribution in [0.3, 0.4) is 0 Å². The van der Waals surface area contributed by atoms with Crippen LogP contribution in [0.5, 0.6) is 0 Å². The molecule has 0 atom stereocenters. The van der Waals surface area contributed by atoms with Crippen molar-refractivity contribution in [2.45, 2.75) is 20.3 Å². The maximum absolute atomic E-state index is 11.2. The molecule has 0 bridgehead atoms. The van der Waals surface area contributed by atoms with Crippen LogP contribution in [-0.4, -0.2) is 18.3 Å². The minimum Gasteiger partial charge on any atom is -0.466 e. The first kappa shape index (κ1) is 13.2. The zero-order valence-corrected chi connectivity index (χ0v) is 11.5. The molecule has 0 heterocycles. The molecule has 4 heteroatoms. The van der Waals surface area contributed by atoms with Crippen molar-refractivity contribution in [1.82, 2.24) is 0 Å². The Labute approximate surface area is 109 Å². The van der Waals surface area contributed by atoms with E-state index in [0.717, 1.165) is 15.0 Å². The number of aliphatic imine (C=N–C) groups is 1. The van der Waals surface area contributed by atoms with Crippen LogP contribution >= 0.6 is 22.6 Å². The van der Waals surface area contributed by atoms with Crippen LogP contribution in [0.2, 0.25) is 0 Å². The van der Waals surface area contributed by atoms with Gasteiger partial charge in [0.2, 0.25) is 0 Å². The third kappa shape index (κ3) is 4.74. The molecule has 0 spiro atoms. The first-order chi connectivity index (χ1) is 7.61. The summed E-state index contributed by atoms with van der Waals surface area (Å²) in [5.74, 6) is -0.227. The second kappa shape index (κ2) is 6.62. The molecule has 0 aromatic heterocycles. The van der Waals surface area contributed by atoms with Gasteiger partial charge in [-0.05, 0) is 54.6 Å². The summed E-state index contributed by atoms with van der Waals surface area (Å²) in [5.41, 5.74) is 1.63. The van der Waals surface area contributed by atoms with Gasteiger partial charge in [0.15, 0.2) is 0 Å². The van der Waals surface area contributed by atoms with Crippen LogP contribution < -0.4 is 0 Å². The molecule has 0 saturated heterocycles. The van der Waals surface area contributed by atoms with Crippen molar-refractivity contribution >= 4 is 40.0 Å². The summed E-state index contributed by atoms with van der Waals surface area (Å²) in [4.78, 5) is 15.6. The molecular weight excluding hydrogens is 317 g/mol. The van der Waals surface area contributed by atoms with Crippen molar-refractivity contribution < 1.29 is 9.53 Å². The van der Waals surface area contributed by atoms with E-state index in [0.29, 0.717) is 6.61 Å². The highest BCUT2D eigenvalue weighted by atomic mass is 127. The van der Waals surface area contributed by atoms with Gasteiger partial charge in [-0.25, -0.2) is 0 Å². The van der Waals surface area contributed by atoms with Crippen molar-refractivity contribution in [3.63, 3.8) is 0 Å². The predicted octanol–water partition coefficient (Wildman–Crippen LogP) is 3.34. The first-order valence-electron chi connectivity index (χ1n) is 5.07. The molecule has 1 aromatic carbocycles. The predicted molar refractivity (Wildman–Crippen MR) is 73.2 cm³/mol. The number of ether oxygens (including phenoxy) is 1. The maximum Gasteiger partial charge on any atom is 0.311 e. The molecule has 0 aliphatic rings. The van der Waals surface area contributed by atoms with E-state index in [4.69, 9.17) is 4.74 Å². The number of esters is 1. The van der Waals surface area contributed by atoms with Crippen LogP contribution in [0.25, 0.3) is 0 Å². The third-order valence-electron chi connectivity index (χ3n) is 1.83. The molecule has 86 valence electrons. The van der Waals surface area contributed by atoms with Gasteiger partial charge in [0.05, 0.1) is 18.7 Å². The minimum atomic E-state index is -0.227. The van der Waals surface area contributed by atoms with Gasteiger partial charge in [0.25, 0.3) is 0 Å². The fourth-order valence-electron chi connectivity index (χ4n) is 1.23. The highest BCUT2D eigenvalue weighted by molar-refractivity contribution is 14.1. The van der Waals surface area contributed by atoms with Gasteiger partial charge in [0.1, 0.15) is 0 Å². The lowest BCUT2D eigenvalue weighted by Gasteiger charge is -2.01. The standard InChI is InChI=1S/C12H14INO2/c1-3-16-12(15)7-9(2)14-11-6-4-5-10(13)8-11/h4-6,8H,3,7H2,1-2H3. The fourth-order valence-corrected chi connectivity index (χ4v) is 1.75. The van der Waals surface area contributed by atoms with E-state index in [1.807, 2.05) is 31.2 Å². The Kier molecular flexibility index (Phi) is 5.45. The molecule has 16 heavy (non-hydrogen) atoms.